The van der Waals surface area contributed by atoms with Crippen molar-refractivity contribution in [1.82, 2.24) is 0 Å². The first-order chi connectivity index (χ1) is 7.63. The normalized spacial score (nSPS) is 11.8. The summed E-state index contributed by atoms with van der Waals surface area (Å²) in [5.74, 6) is 0.624. The Morgan fingerprint density at radius 1 is 1.25 bits per heavy atom. The van der Waals surface area contributed by atoms with Crippen LogP contribution in [0.25, 0.3) is 0 Å². The first-order valence-electron chi connectivity index (χ1n) is 4.69. The number of esters is 1. The van der Waals surface area contributed by atoms with Crippen LogP contribution in [0.4, 0.5) is 0 Å². The topological polar surface area (TPSA) is 70.8 Å². The van der Waals surface area contributed by atoms with Crippen LogP contribution in [0.2, 0.25) is 0 Å². The van der Waals surface area contributed by atoms with Crippen LogP contribution in [0.15, 0.2) is 18.2 Å². The van der Waals surface area contributed by atoms with Crippen molar-refractivity contribution in [1.29, 1.82) is 0 Å². The molecular weight excluding hydrogens is 210 g/mol. The van der Waals surface area contributed by atoms with Crippen molar-refractivity contribution in [2.24, 2.45) is 5.73 Å². The molecule has 5 nitrogen and oxygen atoms in total. The molecule has 0 heterocycles. The van der Waals surface area contributed by atoms with Crippen LogP contribution in [0, 0.1) is 0 Å². The van der Waals surface area contributed by atoms with Gasteiger partial charge in [-0.05, 0) is 12.1 Å². The molecule has 0 bridgehead atoms. The summed E-state index contributed by atoms with van der Waals surface area (Å²) in [6, 6.07) is 4.20. The van der Waals surface area contributed by atoms with E-state index in [2.05, 4.69) is 4.74 Å². The van der Waals surface area contributed by atoms with Gasteiger partial charge in [-0.1, -0.05) is 0 Å². The average molecular weight is 225 g/mol. The summed E-state index contributed by atoms with van der Waals surface area (Å²) < 4.78 is 14.7. The summed E-state index contributed by atoms with van der Waals surface area (Å²) in [5.41, 5.74) is 6.29. The minimum Gasteiger partial charge on any atom is -0.497 e. The van der Waals surface area contributed by atoms with Gasteiger partial charge in [0, 0.05) is 11.6 Å². The smallest absolute Gasteiger partial charge is 0.327 e. The fourth-order valence-corrected chi connectivity index (χ4v) is 1.33. The molecule has 1 aromatic carbocycles. The summed E-state index contributed by atoms with van der Waals surface area (Å²) in [6.45, 7) is 0. The maximum Gasteiger partial charge on any atom is 0.327 e. The third-order valence-corrected chi connectivity index (χ3v) is 2.23. The van der Waals surface area contributed by atoms with Gasteiger partial charge < -0.3 is 19.9 Å². The number of rotatable bonds is 4. The van der Waals surface area contributed by atoms with Crippen LogP contribution in [-0.2, 0) is 9.53 Å². The van der Waals surface area contributed by atoms with Crippen molar-refractivity contribution in [2.45, 2.75) is 6.04 Å². The van der Waals surface area contributed by atoms with Crippen LogP contribution >= 0.6 is 0 Å². The third-order valence-electron chi connectivity index (χ3n) is 2.23. The lowest BCUT2D eigenvalue weighted by atomic mass is 10.1. The number of ether oxygens (including phenoxy) is 3. The minimum atomic E-state index is -0.856. The van der Waals surface area contributed by atoms with E-state index in [9.17, 15) is 4.79 Å². The Labute approximate surface area is 94.1 Å². The van der Waals surface area contributed by atoms with Crippen LogP contribution in [0.3, 0.4) is 0 Å². The summed E-state index contributed by atoms with van der Waals surface area (Å²) in [4.78, 5) is 11.3. The molecule has 1 aromatic rings. The van der Waals surface area contributed by atoms with Gasteiger partial charge in [0.05, 0.1) is 21.3 Å². The van der Waals surface area contributed by atoms with Crippen molar-refractivity contribution in [3.05, 3.63) is 23.8 Å². The number of nitrogens with two attached hydrogens (primary N) is 1. The SMILES string of the molecule is COC(=O)[C@H](N)c1ccc(OC)cc1OC. The van der Waals surface area contributed by atoms with Gasteiger partial charge in [-0.3, -0.25) is 4.79 Å². The van der Waals surface area contributed by atoms with E-state index in [1.54, 1.807) is 25.3 Å². The fourth-order valence-electron chi connectivity index (χ4n) is 1.33. The van der Waals surface area contributed by atoms with Gasteiger partial charge in [-0.25, -0.2) is 0 Å². The average Bonchev–Trinajstić information content (AvgIpc) is 2.35. The molecule has 1 atom stereocenters. The van der Waals surface area contributed by atoms with E-state index >= 15 is 0 Å². The summed E-state index contributed by atoms with van der Waals surface area (Å²) in [6.07, 6.45) is 0. The zero-order valence-corrected chi connectivity index (χ0v) is 9.52. The number of benzene rings is 1. The Kier molecular flexibility index (Phi) is 4.13. The van der Waals surface area contributed by atoms with Crippen molar-refractivity contribution in [3.8, 4) is 11.5 Å². The predicted molar refractivity (Wildman–Crippen MR) is 58.5 cm³/mol. The molecular formula is C11H15NO4. The Morgan fingerprint density at radius 3 is 2.44 bits per heavy atom. The second kappa shape index (κ2) is 5.37. The number of hydrogen-bond donors (Lipinski definition) is 1. The fraction of sp³-hybridized carbons (Fsp3) is 0.364. The summed E-state index contributed by atoms with van der Waals surface area (Å²) >= 11 is 0. The maximum atomic E-state index is 11.3. The van der Waals surface area contributed by atoms with Crippen molar-refractivity contribution in [3.63, 3.8) is 0 Å². The summed E-state index contributed by atoms with van der Waals surface area (Å²) in [5, 5.41) is 0. The standard InChI is InChI=1S/C11H15NO4/c1-14-7-4-5-8(9(6-7)15-2)10(12)11(13)16-3/h4-6,10H,12H2,1-3H3/t10-/m1/s1. The highest BCUT2D eigenvalue weighted by Crippen LogP contribution is 2.28. The van der Waals surface area contributed by atoms with Gasteiger partial charge in [0.15, 0.2) is 0 Å². The molecule has 0 radical (unpaired) electrons. The molecule has 88 valence electrons. The first kappa shape index (κ1) is 12.3. The molecule has 0 amide bonds. The largest absolute Gasteiger partial charge is 0.497 e. The molecule has 0 aliphatic rings. The van der Waals surface area contributed by atoms with Gasteiger partial charge in [-0.2, -0.15) is 0 Å². The number of carbonyl (C=O) groups is 1. The summed E-state index contributed by atoms with van der Waals surface area (Å²) in [7, 11) is 4.34. The lowest BCUT2D eigenvalue weighted by molar-refractivity contribution is -0.142. The van der Waals surface area contributed by atoms with E-state index in [0.29, 0.717) is 17.1 Å². The van der Waals surface area contributed by atoms with Gasteiger partial charge in [0.2, 0.25) is 0 Å². The van der Waals surface area contributed by atoms with Gasteiger partial charge in [-0.15, -0.1) is 0 Å². The predicted octanol–water partition coefficient (Wildman–Crippen LogP) is 0.877. The molecule has 0 unspecified atom stereocenters. The van der Waals surface area contributed by atoms with Crippen LogP contribution < -0.4 is 15.2 Å². The highest BCUT2D eigenvalue weighted by Gasteiger charge is 2.20. The van der Waals surface area contributed by atoms with Crippen molar-refractivity contribution >= 4 is 5.97 Å². The molecule has 0 saturated carbocycles. The first-order valence-corrected chi connectivity index (χ1v) is 4.69. The zero-order valence-electron chi connectivity index (χ0n) is 9.52. The van der Waals surface area contributed by atoms with E-state index < -0.39 is 12.0 Å². The van der Waals surface area contributed by atoms with E-state index in [4.69, 9.17) is 15.2 Å². The quantitative estimate of drug-likeness (QED) is 0.770. The number of methoxy groups -OCH3 is 3. The Bertz CT molecular complexity index is 378. The Morgan fingerprint density at radius 2 is 1.94 bits per heavy atom. The number of hydrogen-bond acceptors (Lipinski definition) is 5. The molecule has 0 fully saturated rings. The van der Waals surface area contributed by atoms with E-state index in [-0.39, 0.29) is 0 Å². The molecule has 0 spiro atoms. The van der Waals surface area contributed by atoms with Crippen molar-refractivity contribution < 1.29 is 19.0 Å². The Hall–Kier alpha value is -1.75. The van der Waals surface area contributed by atoms with Crippen LogP contribution in [-0.4, -0.2) is 27.3 Å². The molecule has 0 saturated heterocycles. The van der Waals surface area contributed by atoms with Gasteiger partial charge in [0.1, 0.15) is 17.5 Å². The van der Waals surface area contributed by atoms with E-state index in [1.165, 1.54) is 14.2 Å². The lowest BCUT2D eigenvalue weighted by Gasteiger charge is -2.14. The zero-order chi connectivity index (χ0) is 12.1. The molecule has 2 N–H and O–H groups in total. The van der Waals surface area contributed by atoms with Crippen molar-refractivity contribution in [2.75, 3.05) is 21.3 Å². The van der Waals surface area contributed by atoms with E-state index in [1.807, 2.05) is 0 Å². The highest BCUT2D eigenvalue weighted by atomic mass is 16.5. The van der Waals surface area contributed by atoms with Crippen LogP contribution in [0.5, 0.6) is 11.5 Å². The molecule has 0 aliphatic heterocycles. The third kappa shape index (κ3) is 2.43. The molecule has 5 heteroatoms. The molecule has 0 aromatic heterocycles. The van der Waals surface area contributed by atoms with Crippen LogP contribution in [0.1, 0.15) is 11.6 Å². The second-order valence-electron chi connectivity index (χ2n) is 3.11. The second-order valence-corrected chi connectivity index (χ2v) is 3.11. The maximum absolute atomic E-state index is 11.3. The number of carbonyl (C=O) groups excluding carboxylic acids is 1. The molecule has 1 rings (SSSR count). The lowest BCUT2D eigenvalue weighted by Crippen LogP contribution is -2.23. The highest BCUT2D eigenvalue weighted by molar-refractivity contribution is 5.78. The minimum absolute atomic E-state index is 0.497. The molecule has 0 aliphatic carbocycles. The monoisotopic (exact) mass is 225 g/mol. The van der Waals surface area contributed by atoms with Gasteiger partial charge >= 0.3 is 5.97 Å². The Balaban J connectivity index is 3.08. The molecule has 16 heavy (non-hydrogen) atoms. The van der Waals surface area contributed by atoms with Gasteiger partial charge in [0.25, 0.3) is 0 Å². The van der Waals surface area contributed by atoms with E-state index in [0.717, 1.165) is 0 Å².